The molecule has 0 saturated heterocycles. The smallest absolute Gasteiger partial charge is 0.337 e. The summed E-state index contributed by atoms with van der Waals surface area (Å²) < 4.78 is 0. The summed E-state index contributed by atoms with van der Waals surface area (Å²) >= 11 is 5.87. The van der Waals surface area contributed by atoms with Crippen LogP contribution in [0.3, 0.4) is 0 Å². The average Bonchev–Trinajstić information content (AvgIpc) is 2.28. The van der Waals surface area contributed by atoms with E-state index in [4.69, 9.17) is 22.4 Å². The lowest BCUT2D eigenvalue weighted by Gasteiger charge is -2.08. The van der Waals surface area contributed by atoms with Crippen LogP contribution in [0.25, 0.3) is 0 Å². The molecule has 0 fully saturated rings. The van der Waals surface area contributed by atoms with Crippen molar-refractivity contribution < 1.29 is 9.90 Å². The SMILES string of the molecule is Nc1cc(Nc2cccc(Cl)c2)ccc1C(=O)O. The van der Waals surface area contributed by atoms with E-state index in [1.807, 2.05) is 12.1 Å². The third-order valence-corrected chi connectivity index (χ3v) is 2.63. The third-order valence-electron chi connectivity index (χ3n) is 2.40. The van der Waals surface area contributed by atoms with Gasteiger partial charge in [-0.25, -0.2) is 4.79 Å². The van der Waals surface area contributed by atoms with E-state index in [0.717, 1.165) is 5.69 Å². The molecule has 92 valence electrons. The summed E-state index contributed by atoms with van der Waals surface area (Å²) in [5.74, 6) is -1.04. The van der Waals surface area contributed by atoms with E-state index >= 15 is 0 Å². The summed E-state index contributed by atoms with van der Waals surface area (Å²) in [5, 5.41) is 12.6. The molecule has 4 N–H and O–H groups in total. The van der Waals surface area contributed by atoms with Gasteiger partial charge in [0.25, 0.3) is 0 Å². The predicted octanol–water partition coefficient (Wildman–Crippen LogP) is 3.36. The molecule has 0 aliphatic heterocycles. The molecule has 0 saturated carbocycles. The first-order valence-electron chi connectivity index (χ1n) is 5.21. The van der Waals surface area contributed by atoms with Gasteiger partial charge in [-0.15, -0.1) is 0 Å². The Bertz CT molecular complexity index is 599. The standard InChI is InChI=1S/C13H11ClN2O2/c14-8-2-1-3-9(6-8)16-10-4-5-11(13(17)18)12(15)7-10/h1-7,16H,15H2,(H,17,18). The Kier molecular flexibility index (Phi) is 3.39. The second-order valence-corrected chi connectivity index (χ2v) is 4.18. The molecule has 0 heterocycles. The zero-order chi connectivity index (χ0) is 13.1. The second-order valence-electron chi connectivity index (χ2n) is 3.74. The third kappa shape index (κ3) is 2.73. The summed E-state index contributed by atoms with van der Waals surface area (Å²) in [6, 6.07) is 11.9. The molecule has 0 bridgehead atoms. The number of nitrogens with one attached hydrogen (secondary N) is 1. The fourth-order valence-corrected chi connectivity index (χ4v) is 1.76. The van der Waals surface area contributed by atoms with Crippen molar-refractivity contribution in [2.24, 2.45) is 0 Å². The van der Waals surface area contributed by atoms with Crippen LogP contribution in [0.5, 0.6) is 0 Å². The van der Waals surface area contributed by atoms with Crippen molar-refractivity contribution in [1.82, 2.24) is 0 Å². The highest BCUT2D eigenvalue weighted by Gasteiger charge is 2.07. The Morgan fingerprint density at radius 2 is 1.89 bits per heavy atom. The van der Waals surface area contributed by atoms with E-state index in [2.05, 4.69) is 5.32 Å². The minimum absolute atomic E-state index is 0.0895. The van der Waals surface area contributed by atoms with Gasteiger partial charge in [0, 0.05) is 22.1 Å². The van der Waals surface area contributed by atoms with Gasteiger partial charge in [-0.05, 0) is 36.4 Å². The number of aromatic carboxylic acids is 1. The Morgan fingerprint density at radius 1 is 1.17 bits per heavy atom. The zero-order valence-corrected chi connectivity index (χ0v) is 10.1. The molecule has 0 aliphatic carbocycles. The fraction of sp³-hybridized carbons (Fsp3) is 0. The molecule has 0 aliphatic rings. The highest BCUT2D eigenvalue weighted by Crippen LogP contribution is 2.23. The molecule has 2 aromatic rings. The summed E-state index contributed by atoms with van der Waals surface area (Å²) in [6.45, 7) is 0. The molecule has 2 aromatic carbocycles. The Labute approximate surface area is 109 Å². The number of nitrogen functional groups attached to an aromatic ring is 1. The molecule has 0 unspecified atom stereocenters. The lowest BCUT2D eigenvalue weighted by molar-refractivity contribution is 0.0698. The number of nitrogens with two attached hydrogens (primary N) is 1. The largest absolute Gasteiger partial charge is 0.478 e. The van der Waals surface area contributed by atoms with Gasteiger partial charge in [-0.3, -0.25) is 0 Å². The lowest BCUT2D eigenvalue weighted by atomic mass is 10.1. The van der Waals surface area contributed by atoms with Gasteiger partial charge in [0.05, 0.1) is 5.56 Å². The van der Waals surface area contributed by atoms with Crippen molar-refractivity contribution in [2.75, 3.05) is 11.1 Å². The van der Waals surface area contributed by atoms with E-state index in [1.165, 1.54) is 6.07 Å². The normalized spacial score (nSPS) is 10.1. The second kappa shape index (κ2) is 4.98. The number of carbonyl (C=O) groups is 1. The first-order chi connectivity index (χ1) is 8.56. The van der Waals surface area contributed by atoms with Crippen molar-refractivity contribution in [2.45, 2.75) is 0 Å². The molecule has 0 aromatic heterocycles. The van der Waals surface area contributed by atoms with E-state index in [1.54, 1.807) is 24.3 Å². The van der Waals surface area contributed by atoms with Crippen LogP contribution in [0, 0.1) is 0 Å². The quantitative estimate of drug-likeness (QED) is 0.742. The van der Waals surface area contributed by atoms with Crippen molar-refractivity contribution in [3.05, 3.63) is 53.1 Å². The summed E-state index contributed by atoms with van der Waals surface area (Å²) in [4.78, 5) is 10.8. The van der Waals surface area contributed by atoms with E-state index < -0.39 is 5.97 Å². The van der Waals surface area contributed by atoms with Gasteiger partial charge in [-0.1, -0.05) is 17.7 Å². The molecular weight excluding hydrogens is 252 g/mol. The van der Waals surface area contributed by atoms with Gasteiger partial charge >= 0.3 is 5.97 Å². The van der Waals surface area contributed by atoms with Gasteiger partial charge in [0.2, 0.25) is 0 Å². The highest BCUT2D eigenvalue weighted by atomic mass is 35.5. The molecule has 5 heteroatoms. The predicted molar refractivity (Wildman–Crippen MR) is 72.5 cm³/mol. The maximum Gasteiger partial charge on any atom is 0.337 e. The summed E-state index contributed by atoms with van der Waals surface area (Å²) in [5.41, 5.74) is 7.48. The average molecular weight is 263 g/mol. The maximum atomic E-state index is 10.8. The number of carboxylic acid groups (broad SMARTS) is 1. The minimum Gasteiger partial charge on any atom is -0.478 e. The van der Waals surface area contributed by atoms with Crippen LogP contribution in [0.2, 0.25) is 5.02 Å². The topological polar surface area (TPSA) is 75.3 Å². The van der Waals surface area contributed by atoms with Crippen molar-refractivity contribution >= 4 is 34.6 Å². The van der Waals surface area contributed by atoms with Gasteiger partial charge in [0.1, 0.15) is 0 Å². The van der Waals surface area contributed by atoms with Crippen LogP contribution in [0.1, 0.15) is 10.4 Å². The molecule has 0 atom stereocenters. The van der Waals surface area contributed by atoms with Crippen LogP contribution in [-0.4, -0.2) is 11.1 Å². The monoisotopic (exact) mass is 262 g/mol. The van der Waals surface area contributed by atoms with E-state index in [0.29, 0.717) is 10.7 Å². The Balaban J connectivity index is 2.25. The van der Waals surface area contributed by atoms with Crippen LogP contribution in [-0.2, 0) is 0 Å². The first kappa shape index (κ1) is 12.3. The maximum absolute atomic E-state index is 10.8. The fourth-order valence-electron chi connectivity index (χ4n) is 1.57. The van der Waals surface area contributed by atoms with Crippen LogP contribution < -0.4 is 11.1 Å². The van der Waals surface area contributed by atoms with Crippen LogP contribution in [0.4, 0.5) is 17.1 Å². The summed E-state index contributed by atoms with van der Waals surface area (Å²) in [6.07, 6.45) is 0. The molecular formula is C13H11ClN2O2. The van der Waals surface area contributed by atoms with Gasteiger partial charge < -0.3 is 16.2 Å². The molecule has 4 nitrogen and oxygen atoms in total. The number of anilines is 3. The number of hydrogen-bond acceptors (Lipinski definition) is 3. The van der Waals surface area contributed by atoms with Crippen LogP contribution >= 0.6 is 11.6 Å². The molecule has 0 amide bonds. The lowest BCUT2D eigenvalue weighted by Crippen LogP contribution is -2.02. The molecule has 0 radical (unpaired) electrons. The Hall–Kier alpha value is -2.20. The number of rotatable bonds is 3. The van der Waals surface area contributed by atoms with Crippen molar-refractivity contribution in [3.8, 4) is 0 Å². The van der Waals surface area contributed by atoms with Crippen molar-refractivity contribution in [3.63, 3.8) is 0 Å². The number of carboxylic acids is 1. The van der Waals surface area contributed by atoms with Gasteiger partial charge in [-0.2, -0.15) is 0 Å². The molecule has 2 rings (SSSR count). The number of benzene rings is 2. The number of halogens is 1. The highest BCUT2D eigenvalue weighted by molar-refractivity contribution is 6.30. The van der Waals surface area contributed by atoms with Crippen LogP contribution in [0.15, 0.2) is 42.5 Å². The first-order valence-corrected chi connectivity index (χ1v) is 5.59. The minimum atomic E-state index is -1.04. The molecule has 18 heavy (non-hydrogen) atoms. The van der Waals surface area contributed by atoms with Gasteiger partial charge in [0.15, 0.2) is 0 Å². The van der Waals surface area contributed by atoms with E-state index in [9.17, 15) is 4.79 Å². The number of hydrogen-bond donors (Lipinski definition) is 3. The van der Waals surface area contributed by atoms with Crippen molar-refractivity contribution in [1.29, 1.82) is 0 Å². The summed E-state index contributed by atoms with van der Waals surface area (Å²) in [7, 11) is 0. The molecule has 0 spiro atoms. The van der Waals surface area contributed by atoms with E-state index in [-0.39, 0.29) is 11.3 Å². The Morgan fingerprint density at radius 3 is 2.50 bits per heavy atom. The zero-order valence-electron chi connectivity index (χ0n) is 9.35.